The molecule has 1 aromatic carbocycles. The van der Waals surface area contributed by atoms with Gasteiger partial charge in [-0.3, -0.25) is 4.79 Å². The summed E-state index contributed by atoms with van der Waals surface area (Å²) in [6.45, 7) is -0.152. The number of hydrogen-bond acceptors (Lipinski definition) is 5. The Balaban J connectivity index is 2.38. The zero-order chi connectivity index (χ0) is 15.0. The molecule has 0 aliphatic carbocycles. The number of fused-ring (bicyclic) bond motifs is 3. The minimum absolute atomic E-state index is 0.0469. The summed E-state index contributed by atoms with van der Waals surface area (Å²) in [5.41, 5.74) is 8.11. The Morgan fingerprint density at radius 1 is 1.33 bits per heavy atom. The first kappa shape index (κ1) is 13.3. The Labute approximate surface area is 119 Å². The molecule has 7 nitrogen and oxygen atoms in total. The van der Waals surface area contributed by atoms with Crippen LogP contribution in [0.15, 0.2) is 24.5 Å². The quantitative estimate of drug-likeness (QED) is 0.653. The van der Waals surface area contributed by atoms with Crippen molar-refractivity contribution in [2.75, 3.05) is 12.3 Å². The van der Waals surface area contributed by atoms with E-state index in [4.69, 9.17) is 15.9 Å². The van der Waals surface area contributed by atoms with Crippen LogP contribution in [0, 0.1) is 0 Å². The number of nitrogen functional groups attached to an aromatic ring is 1. The molecule has 3 rings (SSSR count). The fourth-order valence-electron chi connectivity index (χ4n) is 2.57. The van der Waals surface area contributed by atoms with E-state index in [-0.39, 0.29) is 13.2 Å². The van der Waals surface area contributed by atoms with Crippen molar-refractivity contribution in [2.24, 2.45) is 0 Å². The molecule has 0 saturated heterocycles. The predicted octanol–water partition coefficient (Wildman–Crippen LogP) is 0.786. The summed E-state index contributed by atoms with van der Waals surface area (Å²) in [4.78, 5) is 19.2. The van der Waals surface area contributed by atoms with E-state index in [1.54, 1.807) is 4.57 Å². The van der Waals surface area contributed by atoms with Gasteiger partial charge in [0, 0.05) is 12.0 Å². The lowest BCUT2D eigenvalue weighted by Crippen LogP contribution is -2.09. The Hall–Kier alpha value is -2.67. The number of nitrogens with two attached hydrogens (primary N) is 1. The van der Waals surface area contributed by atoms with E-state index in [9.17, 15) is 4.79 Å². The number of aliphatic carboxylic acids is 1. The maximum absolute atomic E-state index is 11.1. The molecule has 0 aliphatic heterocycles. The smallest absolute Gasteiger partial charge is 0.323 e. The van der Waals surface area contributed by atoms with E-state index in [0.717, 1.165) is 16.5 Å². The summed E-state index contributed by atoms with van der Waals surface area (Å²) < 4.78 is 1.60. The van der Waals surface area contributed by atoms with Crippen molar-refractivity contribution in [2.45, 2.75) is 13.0 Å². The molecule has 0 bridgehead atoms. The van der Waals surface area contributed by atoms with Gasteiger partial charge in [-0.2, -0.15) is 0 Å². The van der Waals surface area contributed by atoms with Crippen molar-refractivity contribution in [3.8, 4) is 0 Å². The first-order valence-electron chi connectivity index (χ1n) is 6.45. The molecular weight excluding hydrogens is 272 g/mol. The van der Waals surface area contributed by atoms with Crippen LogP contribution in [-0.2, 0) is 17.8 Å². The summed E-state index contributed by atoms with van der Waals surface area (Å²) in [7, 11) is 0. The molecule has 0 unspecified atom stereocenters. The van der Waals surface area contributed by atoms with E-state index >= 15 is 0 Å². The number of benzene rings is 1. The Kier molecular flexibility index (Phi) is 3.19. The first-order valence-corrected chi connectivity index (χ1v) is 6.45. The number of aromatic nitrogens is 3. The molecule has 2 aromatic heterocycles. The molecule has 3 aromatic rings. The highest BCUT2D eigenvalue weighted by Crippen LogP contribution is 2.31. The third kappa shape index (κ3) is 2.17. The number of aliphatic hydroxyl groups is 1. The molecule has 2 heterocycles. The highest BCUT2D eigenvalue weighted by Gasteiger charge is 2.16. The van der Waals surface area contributed by atoms with Crippen molar-refractivity contribution >= 4 is 33.7 Å². The normalized spacial score (nSPS) is 11.3. The Morgan fingerprint density at radius 3 is 2.86 bits per heavy atom. The van der Waals surface area contributed by atoms with Crippen molar-refractivity contribution < 1.29 is 15.0 Å². The molecule has 0 saturated carbocycles. The lowest BCUT2D eigenvalue weighted by molar-refractivity contribution is -0.137. The minimum atomic E-state index is -0.953. The lowest BCUT2D eigenvalue weighted by Gasteiger charge is -2.03. The Morgan fingerprint density at radius 2 is 2.14 bits per heavy atom. The molecular formula is C14H14N4O3. The first-order chi connectivity index (χ1) is 10.1. The fourth-order valence-corrected chi connectivity index (χ4v) is 2.57. The van der Waals surface area contributed by atoms with Gasteiger partial charge in [0.1, 0.15) is 24.3 Å². The molecule has 0 aliphatic rings. The van der Waals surface area contributed by atoms with Gasteiger partial charge >= 0.3 is 5.97 Å². The van der Waals surface area contributed by atoms with E-state index < -0.39 is 5.97 Å². The van der Waals surface area contributed by atoms with E-state index in [0.29, 0.717) is 23.3 Å². The van der Waals surface area contributed by atoms with Gasteiger partial charge < -0.3 is 20.5 Å². The van der Waals surface area contributed by atoms with Crippen molar-refractivity contribution in [3.63, 3.8) is 0 Å². The molecule has 7 heteroatoms. The van der Waals surface area contributed by atoms with Crippen LogP contribution >= 0.6 is 0 Å². The molecule has 108 valence electrons. The van der Waals surface area contributed by atoms with Crippen LogP contribution in [0.25, 0.3) is 21.9 Å². The summed E-state index contributed by atoms with van der Waals surface area (Å²) in [5, 5.41) is 19.6. The van der Waals surface area contributed by atoms with Crippen LogP contribution in [-0.4, -0.2) is 37.3 Å². The molecule has 0 spiro atoms. The number of rotatable bonds is 4. The van der Waals surface area contributed by atoms with Crippen LogP contribution in [0.3, 0.4) is 0 Å². The second-order valence-corrected chi connectivity index (χ2v) is 4.76. The fraction of sp³-hybridized carbons (Fsp3) is 0.214. The van der Waals surface area contributed by atoms with Gasteiger partial charge in [-0.25, -0.2) is 9.97 Å². The molecule has 0 amide bonds. The zero-order valence-corrected chi connectivity index (χ0v) is 11.2. The van der Waals surface area contributed by atoms with Crippen LogP contribution in [0.5, 0.6) is 0 Å². The third-order valence-corrected chi connectivity index (χ3v) is 3.43. The number of carbonyl (C=O) groups is 1. The summed E-state index contributed by atoms with van der Waals surface area (Å²) in [5.74, 6) is -0.638. The van der Waals surface area contributed by atoms with Crippen LogP contribution in [0.1, 0.15) is 5.56 Å². The summed E-state index contributed by atoms with van der Waals surface area (Å²) in [6.07, 6.45) is 1.85. The zero-order valence-electron chi connectivity index (χ0n) is 11.2. The van der Waals surface area contributed by atoms with E-state index in [1.807, 2.05) is 18.2 Å². The van der Waals surface area contributed by atoms with Gasteiger partial charge in [-0.05, 0) is 24.1 Å². The topological polar surface area (TPSA) is 114 Å². The summed E-state index contributed by atoms with van der Waals surface area (Å²) >= 11 is 0. The number of hydrogen-bond donors (Lipinski definition) is 3. The van der Waals surface area contributed by atoms with Gasteiger partial charge in [0.05, 0.1) is 10.9 Å². The van der Waals surface area contributed by atoms with Gasteiger partial charge in [0.25, 0.3) is 0 Å². The monoisotopic (exact) mass is 286 g/mol. The van der Waals surface area contributed by atoms with Gasteiger partial charge in [-0.1, -0.05) is 6.07 Å². The number of nitrogens with zero attached hydrogens (tertiary/aromatic N) is 3. The van der Waals surface area contributed by atoms with Crippen LogP contribution in [0.2, 0.25) is 0 Å². The average molecular weight is 286 g/mol. The number of aliphatic hydroxyl groups excluding tert-OH is 1. The highest BCUT2D eigenvalue weighted by atomic mass is 16.4. The molecule has 0 radical (unpaired) electrons. The lowest BCUT2D eigenvalue weighted by atomic mass is 10.1. The van der Waals surface area contributed by atoms with Crippen LogP contribution < -0.4 is 5.73 Å². The van der Waals surface area contributed by atoms with E-state index in [1.165, 1.54) is 6.33 Å². The van der Waals surface area contributed by atoms with Gasteiger partial charge in [-0.15, -0.1) is 0 Å². The Bertz CT molecular complexity index is 841. The maximum atomic E-state index is 11.1. The van der Waals surface area contributed by atoms with Crippen molar-refractivity contribution in [3.05, 3.63) is 30.1 Å². The largest absolute Gasteiger partial charge is 0.480 e. The highest BCUT2D eigenvalue weighted by molar-refractivity contribution is 6.11. The maximum Gasteiger partial charge on any atom is 0.323 e. The second-order valence-electron chi connectivity index (χ2n) is 4.76. The molecule has 0 atom stereocenters. The molecule has 21 heavy (non-hydrogen) atoms. The summed E-state index contributed by atoms with van der Waals surface area (Å²) in [6, 6.07) is 5.58. The van der Waals surface area contributed by atoms with Gasteiger partial charge in [0.2, 0.25) is 0 Å². The van der Waals surface area contributed by atoms with Gasteiger partial charge in [0.15, 0.2) is 0 Å². The van der Waals surface area contributed by atoms with Crippen molar-refractivity contribution in [1.29, 1.82) is 0 Å². The van der Waals surface area contributed by atoms with E-state index in [2.05, 4.69) is 9.97 Å². The average Bonchev–Trinajstić information content (AvgIpc) is 2.74. The number of anilines is 1. The SMILES string of the molecule is Nc1ncnc2c1c1cc(CCO)ccc1n2CC(=O)O. The second kappa shape index (κ2) is 5.02. The standard InChI is InChI=1S/C14H14N4O3/c15-13-12-9-5-8(3-4-19)1-2-10(9)18(6-11(20)21)14(12)17-7-16-13/h1-2,5,7,19H,3-4,6H2,(H,20,21)(H2,15,16,17). The molecule has 4 N–H and O–H groups in total. The molecule has 0 fully saturated rings. The number of carboxylic acids is 1. The van der Waals surface area contributed by atoms with Crippen LogP contribution in [0.4, 0.5) is 5.82 Å². The third-order valence-electron chi connectivity index (χ3n) is 3.43. The predicted molar refractivity (Wildman–Crippen MR) is 77.9 cm³/mol. The van der Waals surface area contributed by atoms with Crippen molar-refractivity contribution in [1.82, 2.24) is 14.5 Å². The number of carboxylic acid groups (broad SMARTS) is 1. The minimum Gasteiger partial charge on any atom is -0.480 e.